The van der Waals surface area contributed by atoms with Gasteiger partial charge in [-0.05, 0) is 18.6 Å². The summed E-state index contributed by atoms with van der Waals surface area (Å²) in [6.45, 7) is 1.61. The van der Waals surface area contributed by atoms with E-state index in [-0.39, 0.29) is 5.91 Å². The van der Waals surface area contributed by atoms with E-state index in [0.717, 1.165) is 12.2 Å². The van der Waals surface area contributed by atoms with Crippen molar-refractivity contribution in [2.75, 3.05) is 13.2 Å². The highest BCUT2D eigenvalue weighted by atomic mass is 16.5. The van der Waals surface area contributed by atoms with Crippen LogP contribution in [0.1, 0.15) is 22.5 Å². The maximum Gasteiger partial charge on any atom is 0.254 e. The minimum Gasteiger partial charge on any atom is -0.467 e. The monoisotopic (exact) mass is 263 g/mol. The van der Waals surface area contributed by atoms with Gasteiger partial charge in [0.25, 0.3) is 5.91 Å². The molecule has 0 aliphatic rings. The van der Waals surface area contributed by atoms with Crippen molar-refractivity contribution in [3.8, 4) is 0 Å². The predicted molar refractivity (Wildman–Crippen MR) is 68.5 cm³/mol. The number of furan rings is 1. The van der Waals surface area contributed by atoms with Gasteiger partial charge in [-0.3, -0.25) is 9.48 Å². The maximum atomic E-state index is 11.7. The first-order valence-electron chi connectivity index (χ1n) is 6.12. The van der Waals surface area contributed by atoms with E-state index >= 15 is 0 Å². The second-order valence-corrected chi connectivity index (χ2v) is 4.14. The molecule has 0 aromatic carbocycles. The molecule has 0 saturated heterocycles. The highest BCUT2D eigenvalue weighted by molar-refractivity contribution is 5.93. The SMILES string of the molecule is Cn1cc(C(=O)NCCCOCc2ccco2)cn1. The van der Waals surface area contributed by atoms with Gasteiger partial charge < -0.3 is 14.5 Å². The van der Waals surface area contributed by atoms with E-state index in [9.17, 15) is 4.79 Å². The van der Waals surface area contributed by atoms with Crippen molar-refractivity contribution in [3.05, 3.63) is 42.1 Å². The molecule has 2 aromatic rings. The lowest BCUT2D eigenvalue weighted by Crippen LogP contribution is -2.24. The molecule has 0 spiro atoms. The highest BCUT2D eigenvalue weighted by Crippen LogP contribution is 2.01. The fourth-order valence-corrected chi connectivity index (χ4v) is 1.58. The molecule has 1 N–H and O–H groups in total. The quantitative estimate of drug-likeness (QED) is 0.766. The maximum absolute atomic E-state index is 11.7. The average molecular weight is 263 g/mol. The smallest absolute Gasteiger partial charge is 0.254 e. The zero-order valence-electron chi connectivity index (χ0n) is 10.8. The summed E-state index contributed by atoms with van der Waals surface area (Å²) in [5.74, 6) is 0.693. The van der Waals surface area contributed by atoms with E-state index in [4.69, 9.17) is 9.15 Å². The van der Waals surface area contributed by atoms with Crippen molar-refractivity contribution in [3.63, 3.8) is 0 Å². The van der Waals surface area contributed by atoms with Crippen LogP contribution < -0.4 is 5.32 Å². The van der Waals surface area contributed by atoms with Gasteiger partial charge in [0.15, 0.2) is 0 Å². The molecule has 0 aliphatic carbocycles. The molecule has 2 heterocycles. The van der Waals surface area contributed by atoms with Gasteiger partial charge in [-0.1, -0.05) is 0 Å². The molecule has 102 valence electrons. The molecule has 0 bridgehead atoms. The number of hydrogen-bond acceptors (Lipinski definition) is 4. The lowest BCUT2D eigenvalue weighted by Gasteiger charge is -2.04. The molecule has 1 amide bonds. The molecule has 19 heavy (non-hydrogen) atoms. The molecule has 2 rings (SSSR count). The van der Waals surface area contributed by atoms with Crippen molar-refractivity contribution < 1.29 is 13.9 Å². The fourth-order valence-electron chi connectivity index (χ4n) is 1.58. The summed E-state index contributed by atoms with van der Waals surface area (Å²) in [7, 11) is 1.78. The molecule has 6 heteroatoms. The third kappa shape index (κ3) is 4.26. The van der Waals surface area contributed by atoms with Gasteiger partial charge >= 0.3 is 0 Å². The predicted octanol–water partition coefficient (Wildman–Crippen LogP) is 1.35. The Kier molecular flexibility index (Phi) is 4.74. The van der Waals surface area contributed by atoms with E-state index in [1.54, 1.807) is 30.4 Å². The molecule has 0 radical (unpaired) electrons. The number of carbonyl (C=O) groups excluding carboxylic acids is 1. The van der Waals surface area contributed by atoms with Gasteiger partial charge in [0.05, 0.1) is 18.0 Å². The number of ether oxygens (including phenoxy) is 1. The summed E-state index contributed by atoms with van der Waals surface area (Å²) < 4.78 is 12.1. The highest BCUT2D eigenvalue weighted by Gasteiger charge is 2.06. The van der Waals surface area contributed by atoms with E-state index in [0.29, 0.717) is 25.3 Å². The molecule has 0 unspecified atom stereocenters. The summed E-state index contributed by atoms with van der Waals surface area (Å²) in [4.78, 5) is 11.7. The third-order valence-electron chi connectivity index (χ3n) is 2.54. The molecule has 0 fully saturated rings. The van der Waals surface area contributed by atoms with Crippen LogP contribution in [-0.4, -0.2) is 28.8 Å². The summed E-state index contributed by atoms with van der Waals surface area (Å²) in [5, 5.41) is 6.75. The second-order valence-electron chi connectivity index (χ2n) is 4.14. The number of aryl methyl sites for hydroxylation is 1. The Morgan fingerprint density at radius 3 is 3.16 bits per heavy atom. The summed E-state index contributed by atoms with van der Waals surface area (Å²) >= 11 is 0. The lowest BCUT2D eigenvalue weighted by atomic mass is 10.3. The summed E-state index contributed by atoms with van der Waals surface area (Å²) in [6.07, 6.45) is 5.60. The Balaban J connectivity index is 1.55. The Hall–Kier alpha value is -2.08. The van der Waals surface area contributed by atoms with E-state index in [1.165, 1.54) is 0 Å². The van der Waals surface area contributed by atoms with Crippen molar-refractivity contribution in [1.82, 2.24) is 15.1 Å². The average Bonchev–Trinajstić information content (AvgIpc) is 3.04. The van der Waals surface area contributed by atoms with Crippen LogP contribution in [0, 0.1) is 0 Å². The van der Waals surface area contributed by atoms with Crippen molar-refractivity contribution >= 4 is 5.91 Å². The standard InChI is InChI=1S/C13H17N3O3/c1-16-9-11(8-15-16)13(17)14-5-3-6-18-10-12-4-2-7-19-12/h2,4,7-9H,3,5-6,10H2,1H3,(H,14,17). The number of hydrogen-bond donors (Lipinski definition) is 1. The minimum atomic E-state index is -0.112. The number of nitrogens with zero attached hydrogens (tertiary/aromatic N) is 2. The topological polar surface area (TPSA) is 69.3 Å². The first-order chi connectivity index (χ1) is 9.25. The van der Waals surface area contributed by atoms with Crippen LogP contribution in [0.25, 0.3) is 0 Å². The van der Waals surface area contributed by atoms with Gasteiger partial charge in [-0.15, -0.1) is 0 Å². The van der Waals surface area contributed by atoms with Crippen LogP contribution in [0.15, 0.2) is 35.2 Å². The van der Waals surface area contributed by atoms with Crippen molar-refractivity contribution in [2.45, 2.75) is 13.0 Å². The van der Waals surface area contributed by atoms with Crippen LogP contribution in [0.4, 0.5) is 0 Å². The van der Waals surface area contributed by atoms with Gasteiger partial charge in [-0.2, -0.15) is 5.10 Å². The van der Waals surface area contributed by atoms with Crippen molar-refractivity contribution in [2.24, 2.45) is 7.05 Å². The molecular weight excluding hydrogens is 246 g/mol. The van der Waals surface area contributed by atoms with Crippen LogP contribution in [-0.2, 0) is 18.4 Å². The first-order valence-corrected chi connectivity index (χ1v) is 6.12. The van der Waals surface area contributed by atoms with Crippen LogP contribution >= 0.6 is 0 Å². The van der Waals surface area contributed by atoms with Crippen molar-refractivity contribution in [1.29, 1.82) is 0 Å². The second kappa shape index (κ2) is 6.75. The van der Waals surface area contributed by atoms with Gasteiger partial charge in [-0.25, -0.2) is 0 Å². The lowest BCUT2D eigenvalue weighted by molar-refractivity contribution is 0.0917. The molecule has 6 nitrogen and oxygen atoms in total. The van der Waals surface area contributed by atoms with E-state index in [1.807, 2.05) is 12.1 Å². The van der Waals surface area contributed by atoms with Gasteiger partial charge in [0.2, 0.25) is 0 Å². The Bertz CT molecular complexity index is 505. The van der Waals surface area contributed by atoms with Crippen LogP contribution in [0.3, 0.4) is 0 Å². The van der Waals surface area contributed by atoms with Gasteiger partial charge in [0.1, 0.15) is 12.4 Å². The van der Waals surface area contributed by atoms with E-state index < -0.39 is 0 Å². The normalized spacial score (nSPS) is 10.6. The molecular formula is C13H17N3O3. The summed E-state index contributed by atoms with van der Waals surface area (Å²) in [5.41, 5.74) is 0.569. The number of rotatable bonds is 7. The van der Waals surface area contributed by atoms with Gasteiger partial charge in [0, 0.05) is 26.4 Å². The van der Waals surface area contributed by atoms with Crippen LogP contribution in [0.2, 0.25) is 0 Å². The molecule has 0 atom stereocenters. The van der Waals surface area contributed by atoms with Crippen LogP contribution in [0.5, 0.6) is 0 Å². The fraction of sp³-hybridized carbons (Fsp3) is 0.385. The Labute approximate surface area is 111 Å². The number of carbonyl (C=O) groups is 1. The zero-order chi connectivity index (χ0) is 13.5. The summed E-state index contributed by atoms with van der Waals surface area (Å²) in [6, 6.07) is 3.69. The number of amides is 1. The number of aromatic nitrogens is 2. The Morgan fingerprint density at radius 1 is 1.58 bits per heavy atom. The first kappa shape index (κ1) is 13.4. The minimum absolute atomic E-state index is 0.112. The Morgan fingerprint density at radius 2 is 2.47 bits per heavy atom. The zero-order valence-corrected chi connectivity index (χ0v) is 10.8. The van der Waals surface area contributed by atoms with E-state index in [2.05, 4.69) is 10.4 Å². The molecule has 0 aliphatic heterocycles. The largest absolute Gasteiger partial charge is 0.467 e. The number of nitrogens with one attached hydrogen (secondary N) is 1. The molecule has 2 aromatic heterocycles. The molecule has 0 saturated carbocycles. The third-order valence-corrected chi connectivity index (χ3v) is 2.54.